The first kappa shape index (κ1) is 31.1. The van der Waals surface area contributed by atoms with Crippen molar-refractivity contribution in [3.8, 4) is 0 Å². The lowest BCUT2D eigenvalue weighted by molar-refractivity contribution is 0.495. The van der Waals surface area contributed by atoms with Gasteiger partial charge in [-0.15, -0.1) is 0 Å². The normalized spacial score (nSPS) is 13.3. The molecular formula is C35H47F. The first-order valence-electron chi connectivity index (χ1n) is 12.8. The van der Waals surface area contributed by atoms with Crippen LogP contribution in [0, 0.1) is 17.7 Å². The Hall–Kier alpha value is -2.93. The van der Waals surface area contributed by atoms with Gasteiger partial charge in [0.1, 0.15) is 5.82 Å². The van der Waals surface area contributed by atoms with E-state index in [-0.39, 0.29) is 13.2 Å². The number of halogens is 1. The second kappa shape index (κ2) is 15.2. The number of rotatable bonds is 13. The number of allylic oxidation sites excluding steroid dienone is 7. The molecule has 2 rings (SSSR count). The molecule has 0 saturated carbocycles. The van der Waals surface area contributed by atoms with Crippen molar-refractivity contribution in [2.45, 2.75) is 74.1 Å². The third kappa shape index (κ3) is 9.26. The maximum atomic E-state index is 13.6. The molecule has 0 aliphatic rings. The molecule has 1 unspecified atom stereocenters. The molecule has 0 saturated heterocycles. The van der Waals surface area contributed by atoms with Gasteiger partial charge in [0.15, 0.2) is 0 Å². The summed E-state index contributed by atoms with van der Waals surface area (Å²) in [6.07, 6.45) is 7.32. The Bertz CT molecular complexity index is 1060. The molecule has 194 valence electrons. The Kier molecular flexibility index (Phi) is 13.2. The van der Waals surface area contributed by atoms with E-state index in [1.54, 1.807) is 0 Å². The largest absolute Gasteiger partial charge is 0.207 e. The second-order valence-electron chi connectivity index (χ2n) is 10.3. The monoisotopic (exact) mass is 486 g/mol. The van der Waals surface area contributed by atoms with Crippen LogP contribution < -0.4 is 0 Å². The van der Waals surface area contributed by atoms with Crippen LogP contribution in [0.3, 0.4) is 0 Å². The highest BCUT2D eigenvalue weighted by atomic mass is 19.1. The summed E-state index contributed by atoms with van der Waals surface area (Å²) in [6, 6.07) is 17.3. The number of hydrogen-bond acceptors (Lipinski definition) is 0. The molecule has 36 heavy (non-hydrogen) atoms. The molecule has 0 nitrogen and oxygen atoms in total. The maximum Gasteiger partial charge on any atom is 0.123 e. The van der Waals surface area contributed by atoms with Gasteiger partial charge in [0.25, 0.3) is 0 Å². The molecule has 2 aromatic carbocycles. The van der Waals surface area contributed by atoms with Crippen LogP contribution in [0.4, 0.5) is 4.39 Å². The molecule has 0 fully saturated rings. The topological polar surface area (TPSA) is 0 Å². The Labute approximate surface area is 221 Å². The molecular weight excluding hydrogens is 439 g/mol. The zero-order valence-electron chi connectivity index (χ0n) is 22.5. The quantitative estimate of drug-likeness (QED) is 0.150. The van der Waals surface area contributed by atoms with Crippen molar-refractivity contribution in [2.75, 3.05) is 0 Å². The molecule has 0 N–H and O–H groups in total. The minimum absolute atomic E-state index is 0. The van der Waals surface area contributed by atoms with Crippen molar-refractivity contribution in [3.05, 3.63) is 120 Å². The van der Waals surface area contributed by atoms with E-state index in [4.69, 9.17) is 0 Å². The third-order valence-electron chi connectivity index (χ3n) is 6.56. The molecule has 0 heterocycles. The number of hydrogen-bond donors (Lipinski definition) is 0. The van der Waals surface area contributed by atoms with Gasteiger partial charge in [-0.25, -0.2) is 4.39 Å². The van der Waals surface area contributed by atoms with E-state index < -0.39 is 0 Å². The predicted octanol–water partition coefficient (Wildman–Crippen LogP) is 11.2. The molecule has 0 aromatic heterocycles. The van der Waals surface area contributed by atoms with Crippen LogP contribution in [-0.2, 0) is 0 Å². The fourth-order valence-corrected chi connectivity index (χ4v) is 4.89. The van der Waals surface area contributed by atoms with Crippen LogP contribution in [0.1, 0.15) is 85.3 Å². The third-order valence-corrected chi connectivity index (χ3v) is 6.56. The summed E-state index contributed by atoms with van der Waals surface area (Å²) in [6.45, 7) is 23.6. The highest BCUT2D eigenvalue weighted by Gasteiger charge is 2.18. The predicted molar refractivity (Wildman–Crippen MR) is 160 cm³/mol. The molecule has 0 aliphatic carbocycles. The van der Waals surface area contributed by atoms with Crippen LogP contribution in [-0.4, -0.2) is 0 Å². The van der Waals surface area contributed by atoms with Crippen molar-refractivity contribution >= 4 is 11.1 Å². The smallest absolute Gasteiger partial charge is 0.123 e. The van der Waals surface area contributed by atoms with Crippen LogP contribution in [0.2, 0.25) is 0 Å². The van der Waals surface area contributed by atoms with Gasteiger partial charge < -0.3 is 0 Å². The molecule has 0 bridgehead atoms. The zero-order valence-corrected chi connectivity index (χ0v) is 22.5. The SMILES string of the molecule is C.C=CC(/C(=C(\C)c1ccc(F)cc1)c1ccccc1)=C(/CCCC(C)CC(=C)CC(=C)C)C(C)C. The lowest BCUT2D eigenvalue weighted by atomic mass is 9.82. The van der Waals surface area contributed by atoms with Crippen molar-refractivity contribution in [3.63, 3.8) is 0 Å². The van der Waals surface area contributed by atoms with Crippen molar-refractivity contribution in [1.29, 1.82) is 0 Å². The van der Waals surface area contributed by atoms with E-state index >= 15 is 0 Å². The van der Waals surface area contributed by atoms with E-state index in [9.17, 15) is 4.39 Å². The van der Waals surface area contributed by atoms with E-state index in [0.29, 0.717) is 11.8 Å². The van der Waals surface area contributed by atoms with Gasteiger partial charge in [0.2, 0.25) is 0 Å². The molecule has 0 radical (unpaired) electrons. The maximum absolute atomic E-state index is 13.6. The second-order valence-corrected chi connectivity index (χ2v) is 10.3. The van der Waals surface area contributed by atoms with Gasteiger partial charge in [0, 0.05) is 0 Å². The molecule has 2 aromatic rings. The molecule has 1 heteroatoms. The summed E-state index contributed by atoms with van der Waals surface area (Å²) in [5.41, 5.74) is 9.58. The van der Waals surface area contributed by atoms with Crippen molar-refractivity contribution < 1.29 is 4.39 Å². The highest BCUT2D eigenvalue weighted by molar-refractivity contribution is 5.99. The zero-order chi connectivity index (χ0) is 26.0. The van der Waals surface area contributed by atoms with Gasteiger partial charge in [-0.1, -0.05) is 120 Å². The standard InChI is InChI=1S/C34H43F.CH4/c1-9-32(33(25(4)5)17-13-14-26(6)23-27(7)22-24(2)3)34(30-15-11-10-12-16-30)28(8)29-18-20-31(35)21-19-29;/h9-12,15-16,18-21,25-26H,1-2,7,13-14,17,22-23H2,3-6,8H3;1H4/b33-32+,34-28+;. The van der Waals surface area contributed by atoms with E-state index in [1.165, 1.54) is 40.0 Å². The van der Waals surface area contributed by atoms with E-state index in [0.717, 1.165) is 48.8 Å². The van der Waals surface area contributed by atoms with Gasteiger partial charge in [-0.05, 0) is 91.3 Å². The van der Waals surface area contributed by atoms with Gasteiger partial charge in [0.05, 0.1) is 0 Å². The molecule has 0 amide bonds. The summed E-state index contributed by atoms with van der Waals surface area (Å²) >= 11 is 0. The lowest BCUT2D eigenvalue weighted by Gasteiger charge is -2.22. The molecule has 1 atom stereocenters. The van der Waals surface area contributed by atoms with E-state index in [1.807, 2.05) is 24.3 Å². The highest BCUT2D eigenvalue weighted by Crippen LogP contribution is 2.37. The summed E-state index contributed by atoms with van der Waals surface area (Å²) < 4.78 is 13.6. The summed E-state index contributed by atoms with van der Waals surface area (Å²) in [4.78, 5) is 0. The van der Waals surface area contributed by atoms with Gasteiger partial charge in [-0.3, -0.25) is 0 Å². The minimum Gasteiger partial charge on any atom is -0.207 e. The van der Waals surface area contributed by atoms with Gasteiger partial charge in [-0.2, -0.15) is 0 Å². The van der Waals surface area contributed by atoms with Gasteiger partial charge >= 0.3 is 0 Å². The fourth-order valence-electron chi connectivity index (χ4n) is 4.89. The molecule has 0 aliphatic heterocycles. The summed E-state index contributed by atoms with van der Waals surface area (Å²) in [7, 11) is 0. The Morgan fingerprint density at radius 3 is 2.06 bits per heavy atom. The van der Waals surface area contributed by atoms with Crippen LogP contribution in [0.25, 0.3) is 11.1 Å². The lowest BCUT2D eigenvalue weighted by Crippen LogP contribution is -2.04. The van der Waals surface area contributed by atoms with Crippen LogP contribution in [0.5, 0.6) is 0 Å². The first-order chi connectivity index (χ1) is 16.6. The average Bonchev–Trinajstić information content (AvgIpc) is 2.80. The van der Waals surface area contributed by atoms with Crippen LogP contribution in [0.15, 0.2) is 103 Å². The van der Waals surface area contributed by atoms with Crippen molar-refractivity contribution in [1.82, 2.24) is 0 Å². The average molecular weight is 487 g/mol. The fraction of sp³-hybridized carbons (Fsp3) is 0.371. The Morgan fingerprint density at radius 1 is 0.917 bits per heavy atom. The first-order valence-corrected chi connectivity index (χ1v) is 12.8. The summed E-state index contributed by atoms with van der Waals surface area (Å²) in [5, 5.41) is 0. The molecule has 0 spiro atoms. The van der Waals surface area contributed by atoms with Crippen molar-refractivity contribution in [2.24, 2.45) is 11.8 Å². The van der Waals surface area contributed by atoms with E-state index in [2.05, 4.69) is 78.6 Å². The number of benzene rings is 2. The summed E-state index contributed by atoms with van der Waals surface area (Å²) in [5.74, 6) is 0.786. The van der Waals surface area contributed by atoms with Crippen LogP contribution >= 0.6 is 0 Å². The Balaban J connectivity index is 0.00000648. The Morgan fingerprint density at radius 2 is 1.53 bits per heavy atom. The minimum atomic E-state index is -0.217.